The third-order valence-electron chi connectivity index (χ3n) is 3.28. The van der Waals surface area contributed by atoms with E-state index in [1.54, 1.807) is 18.7 Å². The van der Waals surface area contributed by atoms with Gasteiger partial charge in [0.1, 0.15) is 0 Å². The van der Waals surface area contributed by atoms with E-state index in [-0.39, 0.29) is 5.97 Å². The smallest absolute Gasteiger partial charge is 0.312 e. The standard InChI is InChI=1S/C18H20O3S/c1-2-21-18(20)16(13-22-15-11-7-4-8-12-15)17(19)14-9-5-3-6-10-14/h3-12,16-17,19H,2,13H2,1H3/t16-,17+/m0/s1. The van der Waals surface area contributed by atoms with Crippen LogP contribution in [0.1, 0.15) is 18.6 Å². The molecule has 0 saturated carbocycles. The molecular weight excluding hydrogens is 296 g/mol. The predicted octanol–water partition coefficient (Wildman–Crippen LogP) is 3.69. The van der Waals surface area contributed by atoms with Gasteiger partial charge in [-0.3, -0.25) is 4.79 Å². The second-order valence-corrected chi connectivity index (χ2v) is 5.93. The minimum Gasteiger partial charge on any atom is -0.466 e. The van der Waals surface area contributed by atoms with Crippen molar-refractivity contribution in [1.29, 1.82) is 0 Å². The largest absolute Gasteiger partial charge is 0.466 e. The van der Waals surface area contributed by atoms with Gasteiger partial charge in [0.25, 0.3) is 0 Å². The van der Waals surface area contributed by atoms with Crippen molar-refractivity contribution in [2.45, 2.75) is 17.9 Å². The Balaban J connectivity index is 2.10. The van der Waals surface area contributed by atoms with Crippen LogP contribution in [0.25, 0.3) is 0 Å². The minimum absolute atomic E-state index is 0.312. The Hall–Kier alpha value is -1.78. The van der Waals surface area contributed by atoms with Crippen molar-refractivity contribution in [3.8, 4) is 0 Å². The summed E-state index contributed by atoms with van der Waals surface area (Å²) in [6, 6.07) is 19.1. The molecule has 0 aliphatic rings. The average Bonchev–Trinajstić information content (AvgIpc) is 2.57. The van der Waals surface area contributed by atoms with E-state index >= 15 is 0 Å². The normalized spacial score (nSPS) is 13.4. The lowest BCUT2D eigenvalue weighted by Gasteiger charge is -2.21. The number of hydrogen-bond acceptors (Lipinski definition) is 4. The molecule has 2 rings (SSSR count). The number of hydrogen-bond donors (Lipinski definition) is 1. The van der Waals surface area contributed by atoms with Gasteiger partial charge in [-0.15, -0.1) is 11.8 Å². The number of aliphatic hydroxyl groups is 1. The molecule has 2 aromatic rings. The molecule has 2 atom stereocenters. The number of esters is 1. The van der Waals surface area contributed by atoms with Crippen molar-refractivity contribution in [2.75, 3.05) is 12.4 Å². The maximum Gasteiger partial charge on any atom is 0.312 e. The third-order valence-corrected chi connectivity index (χ3v) is 4.42. The molecule has 1 N–H and O–H groups in total. The van der Waals surface area contributed by atoms with Gasteiger partial charge in [0.15, 0.2) is 0 Å². The first-order valence-electron chi connectivity index (χ1n) is 7.30. The third kappa shape index (κ3) is 4.61. The summed E-state index contributed by atoms with van der Waals surface area (Å²) in [6.07, 6.45) is -0.864. The Morgan fingerprint density at radius 2 is 1.68 bits per heavy atom. The topological polar surface area (TPSA) is 46.5 Å². The highest BCUT2D eigenvalue weighted by atomic mass is 32.2. The number of thioether (sulfide) groups is 1. The van der Waals surface area contributed by atoms with Crippen LogP contribution < -0.4 is 0 Å². The van der Waals surface area contributed by atoms with Crippen LogP contribution in [0, 0.1) is 5.92 Å². The molecule has 0 fully saturated rings. The van der Waals surface area contributed by atoms with E-state index in [9.17, 15) is 9.90 Å². The number of benzene rings is 2. The molecule has 116 valence electrons. The van der Waals surface area contributed by atoms with Gasteiger partial charge < -0.3 is 9.84 Å². The van der Waals surface area contributed by atoms with E-state index in [0.29, 0.717) is 12.4 Å². The number of carbonyl (C=O) groups is 1. The van der Waals surface area contributed by atoms with E-state index in [1.807, 2.05) is 60.7 Å². The fourth-order valence-corrected chi connectivity index (χ4v) is 3.16. The predicted molar refractivity (Wildman–Crippen MR) is 88.7 cm³/mol. The summed E-state index contributed by atoms with van der Waals surface area (Å²) in [5.74, 6) is -0.478. The fourth-order valence-electron chi connectivity index (χ4n) is 2.12. The zero-order valence-corrected chi connectivity index (χ0v) is 13.3. The van der Waals surface area contributed by atoms with Crippen LogP contribution in [0.5, 0.6) is 0 Å². The molecule has 0 amide bonds. The number of aliphatic hydroxyl groups excluding tert-OH is 1. The Labute approximate surface area is 135 Å². The molecule has 0 aromatic heterocycles. The fraction of sp³-hybridized carbons (Fsp3) is 0.278. The van der Waals surface area contributed by atoms with Gasteiger partial charge in [0, 0.05) is 10.6 Å². The Morgan fingerprint density at radius 3 is 2.27 bits per heavy atom. The summed E-state index contributed by atoms with van der Waals surface area (Å²) in [5.41, 5.74) is 0.731. The molecule has 0 saturated heterocycles. The lowest BCUT2D eigenvalue weighted by Crippen LogP contribution is -2.26. The maximum absolute atomic E-state index is 12.2. The molecule has 4 heteroatoms. The minimum atomic E-state index is -0.864. The Kier molecular flexibility index (Phi) is 6.49. The van der Waals surface area contributed by atoms with E-state index in [1.165, 1.54) is 0 Å². The van der Waals surface area contributed by atoms with E-state index in [2.05, 4.69) is 0 Å². The molecule has 0 unspecified atom stereocenters. The number of ether oxygens (including phenoxy) is 1. The first-order chi connectivity index (χ1) is 10.7. The number of carbonyl (C=O) groups excluding carboxylic acids is 1. The molecule has 2 aromatic carbocycles. The molecule has 0 radical (unpaired) electrons. The second-order valence-electron chi connectivity index (χ2n) is 4.84. The summed E-state index contributed by atoms with van der Waals surface area (Å²) >= 11 is 1.54. The van der Waals surface area contributed by atoms with Gasteiger partial charge in [-0.25, -0.2) is 0 Å². The lowest BCUT2D eigenvalue weighted by molar-refractivity contribution is -0.151. The first-order valence-corrected chi connectivity index (χ1v) is 8.28. The molecule has 0 aliphatic carbocycles. The van der Waals surface area contributed by atoms with Crippen molar-refractivity contribution >= 4 is 17.7 Å². The Bertz CT molecular complexity index is 571. The van der Waals surface area contributed by atoms with Crippen molar-refractivity contribution in [1.82, 2.24) is 0 Å². The van der Waals surface area contributed by atoms with Crippen LogP contribution in [-0.4, -0.2) is 23.4 Å². The van der Waals surface area contributed by atoms with Crippen molar-refractivity contribution in [3.05, 3.63) is 66.2 Å². The highest BCUT2D eigenvalue weighted by molar-refractivity contribution is 7.99. The summed E-state index contributed by atoms with van der Waals surface area (Å²) in [7, 11) is 0. The van der Waals surface area contributed by atoms with E-state index < -0.39 is 12.0 Å². The molecule has 0 aliphatic heterocycles. The quantitative estimate of drug-likeness (QED) is 0.625. The monoisotopic (exact) mass is 316 g/mol. The van der Waals surface area contributed by atoms with Crippen LogP contribution in [0.15, 0.2) is 65.6 Å². The van der Waals surface area contributed by atoms with Gasteiger partial charge in [0.2, 0.25) is 0 Å². The second kappa shape index (κ2) is 8.61. The number of rotatable bonds is 7. The zero-order valence-electron chi connectivity index (χ0n) is 12.5. The summed E-state index contributed by atoms with van der Waals surface area (Å²) < 4.78 is 5.12. The molecule has 3 nitrogen and oxygen atoms in total. The highest BCUT2D eigenvalue weighted by Gasteiger charge is 2.29. The SMILES string of the molecule is CCOC(=O)[C@@H](CSc1ccccc1)[C@H](O)c1ccccc1. The van der Waals surface area contributed by atoms with Crippen molar-refractivity contribution < 1.29 is 14.6 Å². The van der Waals surface area contributed by atoms with Crippen LogP contribution in [0.2, 0.25) is 0 Å². The van der Waals surface area contributed by atoms with Gasteiger partial charge in [-0.05, 0) is 24.6 Å². The van der Waals surface area contributed by atoms with Crippen molar-refractivity contribution in [2.24, 2.45) is 5.92 Å². The highest BCUT2D eigenvalue weighted by Crippen LogP contribution is 2.29. The molecule has 0 spiro atoms. The first kappa shape index (κ1) is 16.6. The van der Waals surface area contributed by atoms with E-state index in [4.69, 9.17) is 4.74 Å². The van der Waals surface area contributed by atoms with Gasteiger partial charge in [-0.2, -0.15) is 0 Å². The van der Waals surface area contributed by atoms with Gasteiger partial charge >= 0.3 is 5.97 Å². The summed E-state index contributed by atoms with van der Waals surface area (Å²) in [5, 5.41) is 10.5. The summed E-state index contributed by atoms with van der Waals surface area (Å²) in [4.78, 5) is 13.3. The molecule has 22 heavy (non-hydrogen) atoms. The molecule has 0 bridgehead atoms. The van der Waals surface area contributed by atoms with Crippen LogP contribution in [0.3, 0.4) is 0 Å². The molecule has 0 heterocycles. The Morgan fingerprint density at radius 1 is 1.09 bits per heavy atom. The lowest BCUT2D eigenvalue weighted by atomic mass is 9.97. The zero-order chi connectivity index (χ0) is 15.8. The van der Waals surface area contributed by atoms with Crippen molar-refractivity contribution in [3.63, 3.8) is 0 Å². The average molecular weight is 316 g/mol. The molecular formula is C18H20O3S. The van der Waals surface area contributed by atoms with Crippen LogP contribution in [-0.2, 0) is 9.53 Å². The van der Waals surface area contributed by atoms with Crippen LogP contribution >= 0.6 is 11.8 Å². The maximum atomic E-state index is 12.2. The van der Waals surface area contributed by atoms with Gasteiger partial charge in [0.05, 0.1) is 18.6 Å². The van der Waals surface area contributed by atoms with Crippen LogP contribution in [0.4, 0.5) is 0 Å². The summed E-state index contributed by atoms with van der Waals surface area (Å²) in [6.45, 7) is 2.08. The van der Waals surface area contributed by atoms with E-state index in [0.717, 1.165) is 10.5 Å². The van der Waals surface area contributed by atoms with Gasteiger partial charge in [-0.1, -0.05) is 48.5 Å².